The molecule has 20 heavy (non-hydrogen) atoms. The van der Waals surface area contributed by atoms with Crippen molar-refractivity contribution in [2.24, 2.45) is 0 Å². The first kappa shape index (κ1) is 15.8. The van der Waals surface area contributed by atoms with Crippen LogP contribution in [0.2, 0.25) is 10.0 Å². The smallest absolute Gasteiger partial charge is 0.115 e. The number of thiazole rings is 1. The van der Waals surface area contributed by atoms with E-state index in [0.717, 1.165) is 29.2 Å². The van der Waals surface area contributed by atoms with E-state index in [1.165, 1.54) is 4.88 Å². The predicted molar refractivity (Wildman–Crippen MR) is 88.2 cm³/mol. The second kappa shape index (κ2) is 6.90. The van der Waals surface area contributed by atoms with E-state index in [9.17, 15) is 0 Å². The second-order valence-electron chi connectivity index (χ2n) is 4.54. The van der Waals surface area contributed by atoms with Gasteiger partial charge in [0.05, 0.1) is 21.8 Å². The molecular weight excluding hydrogens is 311 g/mol. The Morgan fingerprint density at radius 1 is 1.30 bits per heavy atom. The Bertz CT molecular complexity index is 596. The molecule has 0 radical (unpaired) electrons. The molecular formula is C15H18Cl2N2S. The van der Waals surface area contributed by atoms with Gasteiger partial charge in [-0.3, -0.25) is 0 Å². The molecule has 0 saturated carbocycles. The van der Waals surface area contributed by atoms with E-state index in [2.05, 4.69) is 26.1 Å². The SMILES string of the molecule is CCNC(c1nc(CC)c(C)s1)c1cccc(Cl)c1Cl. The Hall–Kier alpha value is -0.610. The Kier molecular flexibility index (Phi) is 5.44. The first-order valence-corrected chi connectivity index (χ1v) is 8.29. The van der Waals surface area contributed by atoms with Gasteiger partial charge in [0, 0.05) is 4.88 Å². The first-order chi connectivity index (χ1) is 9.58. The third-order valence-electron chi connectivity index (χ3n) is 3.19. The molecule has 1 aromatic heterocycles. The van der Waals surface area contributed by atoms with Gasteiger partial charge in [-0.15, -0.1) is 11.3 Å². The summed E-state index contributed by atoms with van der Waals surface area (Å²) in [6.45, 7) is 7.16. The van der Waals surface area contributed by atoms with E-state index in [4.69, 9.17) is 28.2 Å². The van der Waals surface area contributed by atoms with Crippen LogP contribution >= 0.6 is 34.5 Å². The zero-order valence-corrected chi connectivity index (χ0v) is 14.2. The Morgan fingerprint density at radius 2 is 2.05 bits per heavy atom. The summed E-state index contributed by atoms with van der Waals surface area (Å²) in [5, 5.41) is 5.68. The van der Waals surface area contributed by atoms with Gasteiger partial charge < -0.3 is 5.32 Å². The molecule has 1 atom stereocenters. The Morgan fingerprint density at radius 3 is 2.65 bits per heavy atom. The van der Waals surface area contributed by atoms with E-state index in [0.29, 0.717) is 10.0 Å². The number of nitrogens with zero attached hydrogens (tertiary/aromatic N) is 1. The molecule has 0 fully saturated rings. The number of halogens is 2. The van der Waals surface area contributed by atoms with Crippen LogP contribution in [0.4, 0.5) is 0 Å². The maximum Gasteiger partial charge on any atom is 0.115 e. The highest BCUT2D eigenvalue weighted by molar-refractivity contribution is 7.11. The minimum Gasteiger partial charge on any atom is -0.304 e. The van der Waals surface area contributed by atoms with Gasteiger partial charge in [-0.2, -0.15) is 0 Å². The highest BCUT2D eigenvalue weighted by Crippen LogP contribution is 2.35. The molecule has 0 spiro atoms. The lowest BCUT2D eigenvalue weighted by Gasteiger charge is -2.17. The van der Waals surface area contributed by atoms with Gasteiger partial charge >= 0.3 is 0 Å². The van der Waals surface area contributed by atoms with Crippen LogP contribution in [0.1, 0.15) is 41.0 Å². The molecule has 0 aliphatic rings. The lowest BCUT2D eigenvalue weighted by molar-refractivity contribution is 0.625. The summed E-state index contributed by atoms with van der Waals surface area (Å²) in [7, 11) is 0. The monoisotopic (exact) mass is 328 g/mol. The van der Waals surface area contributed by atoms with Crippen LogP contribution in [-0.2, 0) is 6.42 Å². The van der Waals surface area contributed by atoms with Crippen molar-refractivity contribution >= 4 is 34.5 Å². The standard InChI is InChI=1S/C15H18Cl2N2S/c1-4-12-9(3)20-15(19-12)14(18-5-2)10-7-6-8-11(16)13(10)17/h6-8,14,18H,4-5H2,1-3H3. The number of nitrogens with one attached hydrogen (secondary N) is 1. The summed E-state index contributed by atoms with van der Waals surface area (Å²) in [6, 6.07) is 5.73. The van der Waals surface area contributed by atoms with Gasteiger partial charge in [0.2, 0.25) is 0 Å². The van der Waals surface area contributed by atoms with Crippen molar-refractivity contribution < 1.29 is 0 Å². The molecule has 108 valence electrons. The van der Waals surface area contributed by atoms with Gasteiger partial charge in [-0.1, -0.05) is 49.2 Å². The molecule has 5 heteroatoms. The molecule has 1 aromatic carbocycles. The van der Waals surface area contributed by atoms with Crippen LogP contribution in [0.3, 0.4) is 0 Å². The molecule has 0 amide bonds. The van der Waals surface area contributed by atoms with Crippen molar-refractivity contribution in [2.75, 3.05) is 6.54 Å². The molecule has 1 N–H and O–H groups in total. The van der Waals surface area contributed by atoms with Gasteiger partial charge in [-0.05, 0) is 31.5 Å². The van der Waals surface area contributed by atoms with Crippen LogP contribution < -0.4 is 5.32 Å². The Labute approximate surface area is 134 Å². The minimum atomic E-state index is -0.00444. The molecule has 2 rings (SSSR count). The summed E-state index contributed by atoms with van der Waals surface area (Å²) in [5.74, 6) is 0. The second-order valence-corrected chi connectivity index (χ2v) is 6.56. The summed E-state index contributed by atoms with van der Waals surface area (Å²) >= 11 is 14.2. The molecule has 1 unspecified atom stereocenters. The van der Waals surface area contributed by atoms with Gasteiger partial charge in [0.1, 0.15) is 5.01 Å². The van der Waals surface area contributed by atoms with E-state index < -0.39 is 0 Å². The Balaban J connectivity index is 2.47. The molecule has 0 bridgehead atoms. The minimum absolute atomic E-state index is 0.00444. The molecule has 1 heterocycles. The number of hydrogen-bond acceptors (Lipinski definition) is 3. The van der Waals surface area contributed by atoms with Gasteiger partial charge in [0.15, 0.2) is 0 Å². The van der Waals surface area contributed by atoms with Crippen LogP contribution in [0.5, 0.6) is 0 Å². The fourth-order valence-electron chi connectivity index (χ4n) is 2.18. The highest BCUT2D eigenvalue weighted by atomic mass is 35.5. The van der Waals surface area contributed by atoms with Gasteiger partial charge in [0.25, 0.3) is 0 Å². The average Bonchev–Trinajstić information content (AvgIpc) is 2.80. The summed E-state index contributed by atoms with van der Waals surface area (Å²) < 4.78 is 0. The van der Waals surface area contributed by atoms with E-state index in [-0.39, 0.29) is 6.04 Å². The zero-order chi connectivity index (χ0) is 14.7. The van der Waals surface area contributed by atoms with E-state index in [1.807, 2.05) is 12.1 Å². The van der Waals surface area contributed by atoms with Crippen molar-refractivity contribution in [3.8, 4) is 0 Å². The predicted octanol–water partition coefficient (Wildman–Crippen LogP) is 5.02. The largest absolute Gasteiger partial charge is 0.304 e. The van der Waals surface area contributed by atoms with Crippen LogP contribution in [0.15, 0.2) is 18.2 Å². The fraction of sp³-hybridized carbons (Fsp3) is 0.400. The average molecular weight is 329 g/mol. The van der Waals surface area contributed by atoms with Crippen LogP contribution in [-0.4, -0.2) is 11.5 Å². The van der Waals surface area contributed by atoms with Crippen molar-refractivity contribution in [1.29, 1.82) is 0 Å². The van der Waals surface area contributed by atoms with Crippen molar-refractivity contribution in [1.82, 2.24) is 10.3 Å². The highest BCUT2D eigenvalue weighted by Gasteiger charge is 2.21. The van der Waals surface area contributed by atoms with Crippen molar-refractivity contribution in [3.63, 3.8) is 0 Å². The third-order valence-corrected chi connectivity index (χ3v) is 5.10. The lowest BCUT2D eigenvalue weighted by atomic mass is 10.1. The van der Waals surface area contributed by atoms with E-state index >= 15 is 0 Å². The maximum atomic E-state index is 6.36. The topological polar surface area (TPSA) is 24.9 Å². The summed E-state index contributed by atoms with van der Waals surface area (Å²) in [6.07, 6.45) is 0.949. The fourth-order valence-corrected chi connectivity index (χ4v) is 3.70. The molecule has 0 saturated heterocycles. The summed E-state index contributed by atoms with van der Waals surface area (Å²) in [4.78, 5) is 6.02. The molecule has 2 aromatic rings. The van der Waals surface area contributed by atoms with Gasteiger partial charge in [-0.25, -0.2) is 4.98 Å². The van der Waals surface area contributed by atoms with Crippen LogP contribution in [0, 0.1) is 6.92 Å². The molecule has 0 aliphatic carbocycles. The van der Waals surface area contributed by atoms with Crippen LogP contribution in [0.25, 0.3) is 0 Å². The molecule has 2 nitrogen and oxygen atoms in total. The normalized spacial score (nSPS) is 12.7. The number of benzene rings is 1. The lowest BCUT2D eigenvalue weighted by Crippen LogP contribution is -2.22. The first-order valence-electron chi connectivity index (χ1n) is 6.71. The third kappa shape index (κ3) is 3.17. The maximum absolute atomic E-state index is 6.36. The number of aryl methyl sites for hydroxylation is 2. The van der Waals surface area contributed by atoms with Crippen molar-refractivity contribution in [2.45, 2.75) is 33.2 Å². The number of rotatable bonds is 5. The summed E-state index contributed by atoms with van der Waals surface area (Å²) in [5.41, 5.74) is 2.14. The quantitative estimate of drug-likeness (QED) is 0.833. The number of hydrogen-bond donors (Lipinski definition) is 1. The van der Waals surface area contributed by atoms with E-state index in [1.54, 1.807) is 17.4 Å². The molecule has 0 aliphatic heterocycles. The zero-order valence-electron chi connectivity index (χ0n) is 11.8. The number of aromatic nitrogens is 1. The van der Waals surface area contributed by atoms with Crippen molar-refractivity contribution in [3.05, 3.63) is 49.4 Å².